The number of hydrogen-bond donors (Lipinski definition) is 0. The summed E-state index contributed by atoms with van der Waals surface area (Å²) in [5, 5.41) is 4.80. The number of rotatable bonds is 1. The second-order valence-electron chi connectivity index (χ2n) is 3.57. The number of halogens is 1. The Labute approximate surface area is 102 Å². The summed E-state index contributed by atoms with van der Waals surface area (Å²) in [6, 6.07) is 5.47. The van der Waals surface area contributed by atoms with Crippen molar-refractivity contribution < 1.29 is 0 Å². The fourth-order valence-electron chi connectivity index (χ4n) is 1.71. The Hall–Kier alpha value is -2.01. The van der Waals surface area contributed by atoms with Crippen LogP contribution < -0.4 is 0 Å². The molecular weight excluding hydrogens is 238 g/mol. The predicted molar refractivity (Wildman–Crippen MR) is 64.2 cm³/mol. The lowest BCUT2D eigenvalue weighted by atomic mass is 10.3. The molecule has 3 aromatic rings. The molecule has 5 nitrogen and oxygen atoms in total. The van der Waals surface area contributed by atoms with Crippen LogP contribution in [0.25, 0.3) is 16.9 Å². The number of hydrogen-bond acceptors (Lipinski definition) is 4. The summed E-state index contributed by atoms with van der Waals surface area (Å²) in [6.45, 7) is 1.91. The van der Waals surface area contributed by atoms with Crippen molar-refractivity contribution >= 4 is 22.6 Å². The third-order valence-electron chi connectivity index (χ3n) is 2.44. The first-order chi connectivity index (χ1) is 8.25. The van der Waals surface area contributed by atoms with Crippen molar-refractivity contribution in [3.8, 4) is 5.82 Å². The third-order valence-corrected chi connectivity index (χ3v) is 2.65. The molecule has 0 fully saturated rings. The molecule has 0 N–H and O–H groups in total. The van der Waals surface area contributed by atoms with Gasteiger partial charge in [0.05, 0.1) is 11.2 Å². The predicted octanol–water partition coefficient (Wildman–Crippen LogP) is 2.17. The number of pyridine rings is 1. The van der Waals surface area contributed by atoms with E-state index in [0.29, 0.717) is 11.0 Å². The van der Waals surface area contributed by atoms with Crippen LogP contribution in [-0.2, 0) is 0 Å². The normalized spacial score (nSPS) is 10.9. The average Bonchev–Trinajstić information content (AvgIpc) is 2.68. The zero-order valence-electron chi connectivity index (χ0n) is 9.00. The van der Waals surface area contributed by atoms with Gasteiger partial charge in [-0.15, -0.1) is 0 Å². The zero-order valence-corrected chi connectivity index (χ0v) is 9.76. The van der Waals surface area contributed by atoms with Crippen molar-refractivity contribution in [3.63, 3.8) is 0 Å². The lowest BCUT2D eigenvalue weighted by Crippen LogP contribution is -2.00. The molecule has 0 amide bonds. The van der Waals surface area contributed by atoms with Gasteiger partial charge < -0.3 is 0 Å². The monoisotopic (exact) mass is 245 g/mol. The van der Waals surface area contributed by atoms with Crippen LogP contribution in [0.3, 0.4) is 0 Å². The molecule has 0 radical (unpaired) electrons. The van der Waals surface area contributed by atoms with Crippen molar-refractivity contribution in [3.05, 3.63) is 41.6 Å². The summed E-state index contributed by atoms with van der Waals surface area (Å²) in [6.07, 6.45) is 3.16. The Kier molecular flexibility index (Phi) is 2.26. The molecule has 3 aromatic heterocycles. The van der Waals surface area contributed by atoms with Gasteiger partial charge in [-0.3, -0.25) is 4.98 Å². The summed E-state index contributed by atoms with van der Waals surface area (Å²) >= 11 is 5.84. The largest absolute Gasteiger partial charge is 0.253 e. The molecule has 0 bridgehead atoms. The fraction of sp³-hybridized carbons (Fsp3) is 0.0909. The van der Waals surface area contributed by atoms with E-state index in [4.69, 9.17) is 11.6 Å². The van der Waals surface area contributed by atoms with E-state index in [1.807, 2.05) is 19.1 Å². The van der Waals surface area contributed by atoms with E-state index in [-0.39, 0.29) is 0 Å². The highest BCUT2D eigenvalue weighted by molar-refractivity contribution is 6.29. The van der Waals surface area contributed by atoms with E-state index in [1.165, 1.54) is 6.33 Å². The Morgan fingerprint density at radius 1 is 1.24 bits per heavy atom. The molecule has 0 aliphatic carbocycles. The van der Waals surface area contributed by atoms with E-state index >= 15 is 0 Å². The van der Waals surface area contributed by atoms with Gasteiger partial charge in [-0.1, -0.05) is 11.6 Å². The van der Waals surface area contributed by atoms with Gasteiger partial charge in [-0.2, -0.15) is 5.10 Å². The quantitative estimate of drug-likeness (QED) is 0.617. The summed E-state index contributed by atoms with van der Waals surface area (Å²) < 4.78 is 1.71. The Balaban J connectivity index is 2.31. The van der Waals surface area contributed by atoms with Crippen LogP contribution in [0.15, 0.2) is 30.7 Å². The van der Waals surface area contributed by atoms with Crippen LogP contribution in [0.4, 0.5) is 0 Å². The van der Waals surface area contributed by atoms with Crippen LogP contribution in [-0.4, -0.2) is 24.7 Å². The molecule has 17 heavy (non-hydrogen) atoms. The maximum Gasteiger partial charge on any atom is 0.158 e. The molecule has 0 saturated carbocycles. The van der Waals surface area contributed by atoms with Gasteiger partial charge in [0, 0.05) is 12.3 Å². The van der Waals surface area contributed by atoms with Crippen molar-refractivity contribution in [2.45, 2.75) is 6.92 Å². The highest BCUT2D eigenvalue weighted by Crippen LogP contribution is 2.19. The van der Waals surface area contributed by atoms with Crippen LogP contribution >= 0.6 is 11.6 Å². The zero-order chi connectivity index (χ0) is 11.8. The van der Waals surface area contributed by atoms with Crippen LogP contribution in [0.2, 0.25) is 5.15 Å². The molecule has 0 aromatic carbocycles. The van der Waals surface area contributed by atoms with Gasteiger partial charge in [0.1, 0.15) is 17.0 Å². The standard InChI is InChI=1S/C11H8ClN5/c1-7-11-8(3-2-4-13-11)17(16-7)10-5-9(12)14-6-15-10/h2-6H,1H3. The third kappa shape index (κ3) is 1.64. The van der Waals surface area contributed by atoms with E-state index in [1.54, 1.807) is 16.9 Å². The SMILES string of the molecule is Cc1nn(-c2cc(Cl)ncn2)c2cccnc12. The topological polar surface area (TPSA) is 56.5 Å². The molecule has 0 aliphatic rings. The van der Waals surface area contributed by atoms with Crippen molar-refractivity contribution in [1.29, 1.82) is 0 Å². The second-order valence-corrected chi connectivity index (χ2v) is 3.95. The number of fused-ring (bicyclic) bond motifs is 1. The molecule has 3 rings (SSSR count). The van der Waals surface area contributed by atoms with Crippen molar-refractivity contribution in [2.75, 3.05) is 0 Å². The van der Waals surface area contributed by atoms with Crippen LogP contribution in [0.5, 0.6) is 0 Å². The van der Waals surface area contributed by atoms with Crippen molar-refractivity contribution in [1.82, 2.24) is 24.7 Å². The second kappa shape index (κ2) is 3.78. The first-order valence-corrected chi connectivity index (χ1v) is 5.42. The molecule has 3 heterocycles. The van der Waals surface area contributed by atoms with E-state index in [2.05, 4.69) is 20.1 Å². The number of aromatic nitrogens is 5. The summed E-state index contributed by atoms with van der Waals surface area (Å²) in [5.41, 5.74) is 2.62. The molecule has 6 heteroatoms. The molecule has 0 saturated heterocycles. The lowest BCUT2D eigenvalue weighted by Gasteiger charge is -2.01. The van der Waals surface area contributed by atoms with E-state index in [0.717, 1.165) is 16.7 Å². The average molecular weight is 246 g/mol. The minimum absolute atomic E-state index is 0.389. The summed E-state index contributed by atoms with van der Waals surface area (Å²) in [4.78, 5) is 12.3. The van der Waals surface area contributed by atoms with Crippen LogP contribution in [0.1, 0.15) is 5.69 Å². The highest BCUT2D eigenvalue weighted by atomic mass is 35.5. The minimum atomic E-state index is 0.389. The maximum absolute atomic E-state index is 5.84. The van der Waals surface area contributed by atoms with Gasteiger partial charge in [0.15, 0.2) is 5.82 Å². The Bertz CT molecular complexity index is 691. The van der Waals surface area contributed by atoms with Gasteiger partial charge in [0.25, 0.3) is 0 Å². The highest BCUT2D eigenvalue weighted by Gasteiger charge is 2.10. The molecule has 0 aliphatic heterocycles. The number of aryl methyl sites for hydroxylation is 1. The molecule has 0 unspecified atom stereocenters. The molecule has 0 atom stereocenters. The van der Waals surface area contributed by atoms with Gasteiger partial charge >= 0.3 is 0 Å². The first kappa shape index (κ1) is 10.2. The van der Waals surface area contributed by atoms with Crippen molar-refractivity contribution in [2.24, 2.45) is 0 Å². The lowest BCUT2D eigenvalue weighted by molar-refractivity contribution is 0.850. The van der Waals surface area contributed by atoms with E-state index < -0.39 is 0 Å². The van der Waals surface area contributed by atoms with Crippen LogP contribution in [0, 0.1) is 6.92 Å². The van der Waals surface area contributed by atoms with Gasteiger partial charge in [-0.05, 0) is 19.1 Å². The molecular formula is C11H8ClN5. The summed E-state index contributed by atoms with van der Waals surface area (Å²) in [5.74, 6) is 0.635. The smallest absolute Gasteiger partial charge is 0.158 e. The van der Waals surface area contributed by atoms with Gasteiger partial charge in [0.2, 0.25) is 0 Å². The number of nitrogens with zero attached hydrogens (tertiary/aromatic N) is 5. The fourth-order valence-corrected chi connectivity index (χ4v) is 1.85. The van der Waals surface area contributed by atoms with E-state index in [9.17, 15) is 0 Å². The minimum Gasteiger partial charge on any atom is -0.253 e. The summed E-state index contributed by atoms with van der Waals surface area (Å²) in [7, 11) is 0. The Morgan fingerprint density at radius 3 is 2.94 bits per heavy atom. The maximum atomic E-state index is 5.84. The molecule has 84 valence electrons. The first-order valence-electron chi connectivity index (χ1n) is 5.04. The molecule has 0 spiro atoms. The Morgan fingerprint density at radius 2 is 2.12 bits per heavy atom. The van der Waals surface area contributed by atoms with Gasteiger partial charge in [-0.25, -0.2) is 14.6 Å².